The molecule has 1 aromatic heterocycles. The Morgan fingerprint density at radius 3 is 2.60 bits per heavy atom. The molecule has 0 aromatic carbocycles. The van der Waals surface area contributed by atoms with Crippen molar-refractivity contribution in [1.82, 2.24) is 15.2 Å². The molecule has 1 aliphatic rings. The topological polar surface area (TPSA) is 71.5 Å². The number of hydrogen-bond acceptors (Lipinski definition) is 4. The molecule has 1 aromatic rings. The summed E-state index contributed by atoms with van der Waals surface area (Å²) >= 11 is 0. The minimum Gasteiger partial charge on any atom is -0.453 e. The second kappa shape index (κ2) is 6.88. The summed E-state index contributed by atoms with van der Waals surface area (Å²) in [4.78, 5) is 29.0. The van der Waals surface area contributed by atoms with Crippen molar-refractivity contribution in [3.05, 3.63) is 30.1 Å². The third-order valence-electron chi connectivity index (χ3n) is 3.55. The number of aromatic nitrogens is 1. The summed E-state index contributed by atoms with van der Waals surface area (Å²) in [6.45, 7) is 2.04. The summed E-state index contributed by atoms with van der Waals surface area (Å²) in [5.74, 6) is 0.447. The van der Waals surface area contributed by atoms with Gasteiger partial charge in [0.2, 0.25) is 0 Å². The maximum Gasteiger partial charge on any atom is 0.406 e. The first kappa shape index (κ1) is 14.3. The second-order valence-corrected chi connectivity index (χ2v) is 4.84. The molecular weight excluding hydrogens is 258 g/mol. The monoisotopic (exact) mass is 277 g/mol. The average Bonchev–Trinajstić information content (AvgIpc) is 2.53. The zero-order chi connectivity index (χ0) is 14.4. The molecule has 1 saturated heterocycles. The number of nitrogens with one attached hydrogen (secondary N) is 1. The van der Waals surface area contributed by atoms with Gasteiger partial charge in [0.1, 0.15) is 0 Å². The van der Waals surface area contributed by atoms with Crippen LogP contribution in [0.5, 0.6) is 0 Å². The van der Waals surface area contributed by atoms with Gasteiger partial charge in [-0.05, 0) is 30.9 Å². The molecule has 1 N–H and O–H groups in total. The van der Waals surface area contributed by atoms with Crippen LogP contribution in [-0.4, -0.2) is 48.6 Å². The Balaban J connectivity index is 1.79. The zero-order valence-electron chi connectivity index (χ0n) is 11.5. The highest BCUT2D eigenvalue weighted by Gasteiger charge is 2.23. The number of hydrogen-bond donors (Lipinski definition) is 1. The lowest BCUT2D eigenvalue weighted by atomic mass is 9.96. The van der Waals surface area contributed by atoms with Crippen molar-refractivity contribution in [3.8, 4) is 0 Å². The third kappa shape index (κ3) is 3.69. The fourth-order valence-corrected chi connectivity index (χ4v) is 2.32. The first-order valence-electron chi connectivity index (χ1n) is 6.72. The maximum atomic E-state index is 12.2. The van der Waals surface area contributed by atoms with Crippen molar-refractivity contribution < 1.29 is 14.3 Å². The van der Waals surface area contributed by atoms with Gasteiger partial charge in [-0.3, -0.25) is 9.78 Å². The van der Waals surface area contributed by atoms with Gasteiger partial charge in [0.05, 0.1) is 7.11 Å². The lowest BCUT2D eigenvalue weighted by Gasteiger charge is -2.32. The van der Waals surface area contributed by atoms with Crippen LogP contribution in [0.2, 0.25) is 0 Å². The van der Waals surface area contributed by atoms with Gasteiger partial charge in [-0.2, -0.15) is 0 Å². The quantitative estimate of drug-likeness (QED) is 0.903. The molecule has 2 heterocycles. The van der Waals surface area contributed by atoms with E-state index in [0.29, 0.717) is 31.1 Å². The summed E-state index contributed by atoms with van der Waals surface area (Å²) < 4.78 is 4.54. The number of rotatable bonds is 3. The number of nitrogens with zero attached hydrogens (tertiary/aromatic N) is 2. The second-order valence-electron chi connectivity index (χ2n) is 4.84. The van der Waals surface area contributed by atoms with E-state index in [1.165, 1.54) is 7.11 Å². The van der Waals surface area contributed by atoms with Crippen LogP contribution in [-0.2, 0) is 4.74 Å². The number of carbonyl (C=O) groups excluding carboxylic acids is 2. The first-order chi connectivity index (χ1) is 9.70. The van der Waals surface area contributed by atoms with Crippen LogP contribution in [0.25, 0.3) is 0 Å². The van der Waals surface area contributed by atoms with Gasteiger partial charge in [-0.1, -0.05) is 0 Å². The minimum absolute atomic E-state index is 0.0479. The Hall–Kier alpha value is -2.11. The molecule has 0 bridgehead atoms. The largest absolute Gasteiger partial charge is 0.453 e. The standard InChI is InChI=1S/C14H19N3O3/c1-20-14(19)16-10-11-4-8-17(9-5-11)13(18)12-2-6-15-7-3-12/h2-3,6-7,11H,4-5,8-10H2,1H3,(H,16,19). The summed E-state index contributed by atoms with van der Waals surface area (Å²) in [7, 11) is 1.35. The molecule has 6 heteroatoms. The van der Waals surface area contributed by atoms with Gasteiger partial charge in [0.25, 0.3) is 5.91 Å². The van der Waals surface area contributed by atoms with Crippen molar-refractivity contribution >= 4 is 12.0 Å². The van der Waals surface area contributed by atoms with Crippen molar-refractivity contribution in [3.63, 3.8) is 0 Å². The molecule has 0 saturated carbocycles. The number of amides is 2. The van der Waals surface area contributed by atoms with Gasteiger partial charge in [0.15, 0.2) is 0 Å². The molecule has 0 aliphatic carbocycles. The minimum atomic E-state index is -0.403. The van der Waals surface area contributed by atoms with E-state index in [1.807, 2.05) is 4.90 Å². The SMILES string of the molecule is COC(=O)NCC1CCN(C(=O)c2ccncc2)CC1. The summed E-state index contributed by atoms with van der Waals surface area (Å²) in [6.07, 6.45) is 4.63. The highest BCUT2D eigenvalue weighted by atomic mass is 16.5. The predicted molar refractivity (Wildman–Crippen MR) is 73.3 cm³/mol. The van der Waals surface area contributed by atoms with Crippen LogP contribution in [0.1, 0.15) is 23.2 Å². The van der Waals surface area contributed by atoms with Crippen molar-refractivity contribution in [2.75, 3.05) is 26.7 Å². The first-order valence-corrected chi connectivity index (χ1v) is 6.72. The van der Waals surface area contributed by atoms with Crippen molar-refractivity contribution in [1.29, 1.82) is 0 Å². The lowest BCUT2D eigenvalue weighted by Crippen LogP contribution is -2.41. The number of methoxy groups -OCH3 is 1. The fraction of sp³-hybridized carbons (Fsp3) is 0.500. The normalized spacial score (nSPS) is 15.8. The van der Waals surface area contributed by atoms with Gasteiger partial charge < -0.3 is 15.0 Å². The van der Waals surface area contributed by atoms with Crippen LogP contribution in [0, 0.1) is 5.92 Å². The van der Waals surface area contributed by atoms with Crippen LogP contribution in [0.4, 0.5) is 4.79 Å². The Bertz CT molecular complexity index is 456. The zero-order valence-corrected chi connectivity index (χ0v) is 11.5. The fourth-order valence-electron chi connectivity index (χ4n) is 2.32. The van der Waals surface area contributed by atoms with Crippen LogP contribution in [0.15, 0.2) is 24.5 Å². The number of carbonyl (C=O) groups is 2. The van der Waals surface area contributed by atoms with Crippen LogP contribution < -0.4 is 5.32 Å². The highest BCUT2D eigenvalue weighted by Crippen LogP contribution is 2.18. The number of alkyl carbamates (subject to hydrolysis) is 1. The van der Waals surface area contributed by atoms with Crippen molar-refractivity contribution in [2.24, 2.45) is 5.92 Å². The van der Waals surface area contributed by atoms with E-state index in [-0.39, 0.29) is 5.91 Å². The summed E-state index contributed by atoms with van der Waals surface area (Å²) in [6, 6.07) is 3.46. The molecule has 108 valence electrons. The van der Waals surface area contributed by atoms with E-state index in [4.69, 9.17) is 0 Å². The summed E-state index contributed by atoms with van der Waals surface area (Å²) in [5, 5.41) is 2.70. The van der Waals surface area contributed by atoms with Gasteiger partial charge in [0, 0.05) is 37.6 Å². The molecule has 0 spiro atoms. The summed E-state index contributed by atoms with van der Waals surface area (Å²) in [5.41, 5.74) is 0.672. The molecular formula is C14H19N3O3. The molecule has 2 rings (SSSR count). The van der Waals surface area contributed by atoms with Gasteiger partial charge in [-0.15, -0.1) is 0 Å². The Labute approximate surface area is 118 Å². The van der Waals surface area contributed by atoms with E-state index >= 15 is 0 Å². The number of likely N-dealkylation sites (tertiary alicyclic amines) is 1. The molecule has 1 aliphatic heterocycles. The molecule has 6 nitrogen and oxygen atoms in total. The number of ether oxygens (including phenoxy) is 1. The van der Waals surface area contributed by atoms with Crippen LogP contribution in [0.3, 0.4) is 0 Å². The van der Waals surface area contributed by atoms with E-state index in [1.54, 1.807) is 24.5 Å². The predicted octanol–water partition coefficient (Wildman–Crippen LogP) is 1.29. The van der Waals surface area contributed by atoms with E-state index in [0.717, 1.165) is 12.8 Å². The molecule has 0 unspecified atom stereocenters. The van der Waals surface area contributed by atoms with E-state index < -0.39 is 6.09 Å². The molecule has 1 fully saturated rings. The molecule has 20 heavy (non-hydrogen) atoms. The van der Waals surface area contributed by atoms with E-state index in [9.17, 15) is 9.59 Å². The maximum absolute atomic E-state index is 12.2. The highest BCUT2D eigenvalue weighted by molar-refractivity contribution is 5.94. The molecule has 0 radical (unpaired) electrons. The van der Waals surface area contributed by atoms with Crippen LogP contribution >= 0.6 is 0 Å². The Kier molecular flexibility index (Phi) is 4.92. The Morgan fingerprint density at radius 2 is 2.00 bits per heavy atom. The Morgan fingerprint density at radius 1 is 1.35 bits per heavy atom. The average molecular weight is 277 g/mol. The lowest BCUT2D eigenvalue weighted by molar-refractivity contribution is 0.0688. The third-order valence-corrected chi connectivity index (χ3v) is 3.55. The molecule has 2 amide bonds. The number of piperidine rings is 1. The smallest absolute Gasteiger partial charge is 0.406 e. The van der Waals surface area contributed by atoms with Gasteiger partial charge >= 0.3 is 6.09 Å². The molecule has 0 atom stereocenters. The van der Waals surface area contributed by atoms with E-state index in [2.05, 4.69) is 15.0 Å². The number of pyridine rings is 1. The van der Waals surface area contributed by atoms with Gasteiger partial charge in [-0.25, -0.2) is 4.79 Å². The van der Waals surface area contributed by atoms with Crippen molar-refractivity contribution in [2.45, 2.75) is 12.8 Å².